The minimum absolute atomic E-state index is 0.152. The Bertz CT molecular complexity index is 686. The molecule has 1 aromatic carbocycles. The number of hydrogen-bond acceptors (Lipinski definition) is 5. The van der Waals surface area contributed by atoms with Crippen molar-refractivity contribution in [3.05, 3.63) is 51.6 Å². The van der Waals surface area contributed by atoms with E-state index in [0.29, 0.717) is 35.1 Å². The second-order valence-electron chi connectivity index (χ2n) is 4.73. The van der Waals surface area contributed by atoms with Gasteiger partial charge in [0.25, 0.3) is 0 Å². The molecule has 7 heteroatoms. The molecule has 1 aromatic heterocycles. The lowest BCUT2D eigenvalue weighted by molar-refractivity contribution is -0.479. The zero-order chi connectivity index (χ0) is 14.8. The predicted octanol–water partition coefficient (Wildman–Crippen LogP) is 2.24. The number of halogens is 1. The Balaban J connectivity index is 2.10. The van der Waals surface area contributed by atoms with Crippen LogP contribution in [0.3, 0.4) is 0 Å². The lowest BCUT2D eigenvalue weighted by Crippen LogP contribution is -2.08. The van der Waals surface area contributed by atoms with Gasteiger partial charge < -0.3 is 9.47 Å². The van der Waals surface area contributed by atoms with E-state index >= 15 is 0 Å². The number of nitro groups is 1. The highest BCUT2D eigenvalue weighted by atomic mass is 19.1. The molecule has 0 atom stereocenters. The summed E-state index contributed by atoms with van der Waals surface area (Å²) in [7, 11) is 0. The maximum Gasteiger partial charge on any atom is 0.207 e. The van der Waals surface area contributed by atoms with Gasteiger partial charge in [-0.1, -0.05) is 0 Å². The Morgan fingerprint density at radius 1 is 1.38 bits per heavy atom. The standard InChI is InChI=1S/C14H13FN2O4/c15-12-7-9(2-4-17(18)19)11-8-16-3-1-10(11)13(12)14-20-5-6-21-14/h1,3,7-8,14H,2,4-6H2. The first-order valence-corrected chi connectivity index (χ1v) is 6.57. The molecule has 2 heterocycles. The second kappa shape index (κ2) is 5.71. The summed E-state index contributed by atoms with van der Waals surface area (Å²) in [5.74, 6) is -0.473. The van der Waals surface area contributed by atoms with Crippen LogP contribution in [0.1, 0.15) is 17.4 Å². The lowest BCUT2D eigenvalue weighted by atomic mass is 9.98. The van der Waals surface area contributed by atoms with E-state index in [9.17, 15) is 14.5 Å². The van der Waals surface area contributed by atoms with Gasteiger partial charge in [-0.05, 0) is 23.1 Å². The minimum atomic E-state index is -0.737. The molecule has 0 unspecified atom stereocenters. The van der Waals surface area contributed by atoms with Crippen LogP contribution in [-0.4, -0.2) is 29.7 Å². The van der Waals surface area contributed by atoms with Crippen LogP contribution in [0, 0.1) is 15.9 Å². The second-order valence-corrected chi connectivity index (χ2v) is 4.73. The molecule has 1 aliphatic rings. The van der Waals surface area contributed by atoms with Crippen LogP contribution in [0.5, 0.6) is 0 Å². The first-order chi connectivity index (χ1) is 10.2. The number of aromatic nitrogens is 1. The van der Waals surface area contributed by atoms with Gasteiger partial charge in [-0.3, -0.25) is 15.1 Å². The van der Waals surface area contributed by atoms with Gasteiger partial charge in [0.15, 0.2) is 6.29 Å². The molecule has 110 valence electrons. The summed E-state index contributed by atoms with van der Waals surface area (Å²) in [6.07, 6.45) is 2.55. The quantitative estimate of drug-likeness (QED) is 0.638. The first kappa shape index (κ1) is 13.8. The third-order valence-electron chi connectivity index (χ3n) is 3.44. The van der Waals surface area contributed by atoms with Gasteiger partial charge in [0.2, 0.25) is 6.54 Å². The molecule has 1 aliphatic heterocycles. The van der Waals surface area contributed by atoms with Gasteiger partial charge in [0.05, 0.1) is 18.8 Å². The van der Waals surface area contributed by atoms with Crippen molar-refractivity contribution in [1.82, 2.24) is 4.98 Å². The van der Waals surface area contributed by atoms with Crippen LogP contribution < -0.4 is 0 Å². The van der Waals surface area contributed by atoms with Crippen LogP contribution in [0.4, 0.5) is 4.39 Å². The molecule has 21 heavy (non-hydrogen) atoms. The SMILES string of the molecule is O=[N+]([O-])CCc1cc(F)c(C2OCCO2)c2ccncc12. The summed E-state index contributed by atoms with van der Waals surface area (Å²) in [5, 5.41) is 11.8. The highest BCUT2D eigenvalue weighted by Crippen LogP contribution is 2.34. The largest absolute Gasteiger partial charge is 0.346 e. The van der Waals surface area contributed by atoms with Crippen molar-refractivity contribution in [2.24, 2.45) is 0 Å². The molecule has 0 aliphatic carbocycles. The minimum Gasteiger partial charge on any atom is -0.346 e. The van der Waals surface area contributed by atoms with Crippen molar-refractivity contribution in [3.63, 3.8) is 0 Å². The van der Waals surface area contributed by atoms with Crippen LogP contribution in [0.25, 0.3) is 10.8 Å². The fourth-order valence-electron chi connectivity index (χ4n) is 2.51. The van der Waals surface area contributed by atoms with E-state index in [-0.39, 0.29) is 13.0 Å². The van der Waals surface area contributed by atoms with E-state index in [4.69, 9.17) is 9.47 Å². The highest BCUT2D eigenvalue weighted by molar-refractivity contribution is 5.88. The Labute approximate surface area is 119 Å². The van der Waals surface area contributed by atoms with Crippen molar-refractivity contribution in [1.29, 1.82) is 0 Å². The smallest absolute Gasteiger partial charge is 0.207 e. The van der Waals surface area contributed by atoms with Gasteiger partial charge >= 0.3 is 0 Å². The van der Waals surface area contributed by atoms with E-state index in [1.165, 1.54) is 6.07 Å². The number of hydrogen-bond donors (Lipinski definition) is 0. The van der Waals surface area contributed by atoms with E-state index in [0.717, 1.165) is 0 Å². The number of fused-ring (bicyclic) bond motifs is 1. The number of benzene rings is 1. The van der Waals surface area contributed by atoms with E-state index < -0.39 is 17.0 Å². The van der Waals surface area contributed by atoms with Crippen molar-refractivity contribution in [2.75, 3.05) is 19.8 Å². The van der Waals surface area contributed by atoms with Crippen molar-refractivity contribution >= 4 is 10.8 Å². The fourth-order valence-corrected chi connectivity index (χ4v) is 2.51. The normalized spacial score (nSPS) is 15.7. The maximum absolute atomic E-state index is 14.4. The average molecular weight is 292 g/mol. The summed E-state index contributed by atoms with van der Waals surface area (Å²) in [6, 6.07) is 2.99. The molecule has 0 bridgehead atoms. The van der Waals surface area contributed by atoms with Crippen LogP contribution in [0.15, 0.2) is 24.5 Å². The van der Waals surface area contributed by atoms with E-state index in [1.54, 1.807) is 18.5 Å². The molecule has 2 aromatic rings. The van der Waals surface area contributed by atoms with E-state index in [2.05, 4.69) is 4.98 Å². The summed E-state index contributed by atoms with van der Waals surface area (Å²) < 4.78 is 25.2. The molecular weight excluding hydrogens is 279 g/mol. The third kappa shape index (κ3) is 2.70. The predicted molar refractivity (Wildman–Crippen MR) is 71.9 cm³/mol. The summed E-state index contributed by atoms with van der Waals surface area (Å²) >= 11 is 0. The number of nitrogens with zero attached hydrogens (tertiary/aromatic N) is 2. The van der Waals surface area contributed by atoms with E-state index in [1.807, 2.05) is 0 Å². The molecule has 6 nitrogen and oxygen atoms in total. The molecule has 0 N–H and O–H groups in total. The Hall–Kier alpha value is -2.12. The van der Waals surface area contributed by atoms with Gasteiger partial charge in [0.1, 0.15) is 5.82 Å². The van der Waals surface area contributed by atoms with Crippen molar-refractivity contribution < 1.29 is 18.8 Å². The first-order valence-electron chi connectivity index (χ1n) is 6.57. The lowest BCUT2D eigenvalue weighted by Gasteiger charge is -2.15. The Morgan fingerprint density at radius 3 is 2.86 bits per heavy atom. The summed E-state index contributed by atoms with van der Waals surface area (Å²) in [4.78, 5) is 14.1. The topological polar surface area (TPSA) is 74.5 Å². The number of rotatable bonds is 4. The third-order valence-corrected chi connectivity index (χ3v) is 3.44. The van der Waals surface area contributed by atoms with Crippen LogP contribution in [0.2, 0.25) is 0 Å². The zero-order valence-corrected chi connectivity index (χ0v) is 11.1. The van der Waals surface area contributed by atoms with Gasteiger partial charge in [-0.2, -0.15) is 0 Å². The highest BCUT2D eigenvalue weighted by Gasteiger charge is 2.25. The summed E-state index contributed by atoms with van der Waals surface area (Å²) in [5.41, 5.74) is 0.892. The Kier molecular flexibility index (Phi) is 3.76. The molecule has 3 rings (SSSR count). The van der Waals surface area contributed by atoms with Crippen molar-refractivity contribution in [2.45, 2.75) is 12.7 Å². The molecule has 0 saturated carbocycles. The monoisotopic (exact) mass is 292 g/mol. The molecule has 0 radical (unpaired) electrons. The summed E-state index contributed by atoms with van der Waals surface area (Å²) in [6.45, 7) is 0.582. The van der Waals surface area contributed by atoms with Gasteiger partial charge in [0, 0.05) is 29.1 Å². The number of ether oxygens (including phenoxy) is 2. The van der Waals surface area contributed by atoms with Gasteiger partial charge in [-0.15, -0.1) is 0 Å². The van der Waals surface area contributed by atoms with Crippen LogP contribution >= 0.6 is 0 Å². The fraction of sp³-hybridized carbons (Fsp3) is 0.357. The Morgan fingerprint density at radius 2 is 2.14 bits per heavy atom. The molecule has 0 amide bonds. The molecule has 1 saturated heterocycles. The maximum atomic E-state index is 14.4. The molecule has 1 fully saturated rings. The molecule has 0 spiro atoms. The van der Waals surface area contributed by atoms with Crippen molar-refractivity contribution in [3.8, 4) is 0 Å². The van der Waals surface area contributed by atoms with Gasteiger partial charge in [-0.25, -0.2) is 4.39 Å². The molecular formula is C14H13FN2O4. The average Bonchev–Trinajstić information content (AvgIpc) is 2.98. The number of pyridine rings is 1. The van der Waals surface area contributed by atoms with Crippen LogP contribution in [-0.2, 0) is 15.9 Å². The zero-order valence-electron chi connectivity index (χ0n) is 11.1.